The Kier molecular flexibility index (Phi) is 3.34. The summed E-state index contributed by atoms with van der Waals surface area (Å²) in [5.74, 6) is 0.568. The lowest BCUT2D eigenvalue weighted by molar-refractivity contribution is 0.169. The monoisotopic (exact) mass is 233 g/mol. The number of nitrogens with one attached hydrogen (secondary N) is 2. The van der Waals surface area contributed by atoms with E-state index in [1.165, 1.54) is 6.33 Å². The van der Waals surface area contributed by atoms with Crippen LogP contribution in [0.25, 0.3) is 0 Å². The number of hydrogen-bond donors (Lipinski definition) is 3. The first-order chi connectivity index (χ1) is 8.20. The van der Waals surface area contributed by atoms with Gasteiger partial charge in [-0.15, -0.1) is 0 Å². The fourth-order valence-corrected chi connectivity index (χ4v) is 1.49. The molecule has 0 aliphatic carbocycles. The number of anilines is 2. The number of H-pyrrole nitrogens is 1. The summed E-state index contributed by atoms with van der Waals surface area (Å²) in [6.07, 6.45) is 3.27. The van der Waals surface area contributed by atoms with Gasteiger partial charge in [0.25, 0.3) is 0 Å². The molecule has 0 amide bonds. The number of aryl methyl sites for hydroxylation is 1. The third kappa shape index (κ3) is 2.59. The largest absolute Gasteiger partial charge is 0.387 e. The first-order valence-electron chi connectivity index (χ1n) is 5.47. The molecule has 2 heterocycles. The van der Waals surface area contributed by atoms with E-state index in [4.69, 9.17) is 0 Å². The van der Waals surface area contributed by atoms with Crippen LogP contribution in [0.15, 0.2) is 18.6 Å². The molecule has 2 aromatic rings. The van der Waals surface area contributed by atoms with E-state index in [2.05, 4.69) is 25.5 Å². The molecular weight excluding hydrogens is 218 g/mol. The van der Waals surface area contributed by atoms with Crippen molar-refractivity contribution in [3.63, 3.8) is 0 Å². The van der Waals surface area contributed by atoms with Crippen LogP contribution in [0.3, 0.4) is 0 Å². The van der Waals surface area contributed by atoms with Crippen LogP contribution < -0.4 is 5.32 Å². The van der Waals surface area contributed by atoms with Crippen LogP contribution in [0.1, 0.15) is 30.7 Å². The molecule has 0 spiro atoms. The standard InChI is InChI=1S/C11H15N5O/c1-3-10(17)8-4-7(2)9(5-12-8)15-11-13-6-14-16-11/h4-6,10,17H,3H2,1-2H3,(H2,13,14,15,16). The molecule has 2 rings (SSSR count). The molecule has 3 N–H and O–H groups in total. The van der Waals surface area contributed by atoms with E-state index in [1.54, 1.807) is 6.20 Å². The fraction of sp³-hybridized carbons (Fsp3) is 0.364. The molecule has 0 aliphatic rings. The van der Waals surface area contributed by atoms with Gasteiger partial charge < -0.3 is 10.4 Å². The highest BCUT2D eigenvalue weighted by Crippen LogP contribution is 2.21. The fourth-order valence-electron chi connectivity index (χ4n) is 1.49. The van der Waals surface area contributed by atoms with Crippen molar-refractivity contribution in [3.8, 4) is 0 Å². The topological polar surface area (TPSA) is 86.7 Å². The summed E-state index contributed by atoms with van der Waals surface area (Å²) in [4.78, 5) is 8.19. The first kappa shape index (κ1) is 11.5. The smallest absolute Gasteiger partial charge is 0.222 e. The summed E-state index contributed by atoms with van der Waals surface area (Å²) in [7, 11) is 0. The Morgan fingerprint density at radius 2 is 2.29 bits per heavy atom. The van der Waals surface area contributed by atoms with Gasteiger partial charge in [0.05, 0.1) is 23.7 Å². The highest BCUT2D eigenvalue weighted by Gasteiger charge is 2.09. The SMILES string of the molecule is CCC(O)c1cc(C)c(Nc2ncn[nH]2)cn1. The second-order valence-electron chi connectivity index (χ2n) is 3.81. The minimum absolute atomic E-state index is 0.506. The minimum atomic E-state index is -0.506. The van der Waals surface area contributed by atoms with Crippen molar-refractivity contribution in [3.05, 3.63) is 29.8 Å². The van der Waals surface area contributed by atoms with Crippen molar-refractivity contribution in [2.45, 2.75) is 26.4 Å². The zero-order valence-electron chi connectivity index (χ0n) is 9.81. The molecule has 90 valence electrons. The van der Waals surface area contributed by atoms with E-state index in [-0.39, 0.29) is 0 Å². The van der Waals surface area contributed by atoms with Crippen LogP contribution in [-0.2, 0) is 0 Å². The summed E-state index contributed by atoms with van der Waals surface area (Å²) in [6.45, 7) is 3.87. The second kappa shape index (κ2) is 4.92. The predicted molar refractivity (Wildman–Crippen MR) is 63.9 cm³/mol. The van der Waals surface area contributed by atoms with Crippen LogP contribution in [0.2, 0.25) is 0 Å². The summed E-state index contributed by atoms with van der Waals surface area (Å²) >= 11 is 0. The van der Waals surface area contributed by atoms with E-state index in [9.17, 15) is 5.11 Å². The number of rotatable bonds is 4. The summed E-state index contributed by atoms with van der Waals surface area (Å²) in [5.41, 5.74) is 2.53. The average molecular weight is 233 g/mol. The van der Waals surface area contributed by atoms with E-state index in [1.807, 2.05) is 19.9 Å². The first-order valence-corrected chi connectivity index (χ1v) is 5.47. The van der Waals surface area contributed by atoms with Gasteiger partial charge in [0.2, 0.25) is 5.95 Å². The van der Waals surface area contributed by atoms with Crippen LogP contribution in [0.4, 0.5) is 11.6 Å². The van der Waals surface area contributed by atoms with E-state index in [0.29, 0.717) is 18.1 Å². The van der Waals surface area contributed by atoms with Crippen molar-refractivity contribution in [2.24, 2.45) is 0 Å². The van der Waals surface area contributed by atoms with E-state index < -0.39 is 6.10 Å². The maximum atomic E-state index is 9.69. The molecule has 6 nitrogen and oxygen atoms in total. The van der Waals surface area contributed by atoms with Crippen molar-refractivity contribution in [1.82, 2.24) is 20.2 Å². The number of pyridine rings is 1. The molecule has 6 heteroatoms. The predicted octanol–water partition coefficient (Wildman–Crippen LogP) is 1.70. The Bertz CT molecular complexity index is 483. The van der Waals surface area contributed by atoms with Crippen LogP contribution in [0, 0.1) is 6.92 Å². The molecule has 0 aliphatic heterocycles. The molecule has 0 fully saturated rings. The third-order valence-electron chi connectivity index (χ3n) is 2.53. The van der Waals surface area contributed by atoms with Gasteiger partial charge in [-0.05, 0) is 25.0 Å². The maximum Gasteiger partial charge on any atom is 0.222 e. The van der Waals surface area contributed by atoms with Crippen molar-refractivity contribution < 1.29 is 5.11 Å². The Labute approximate surface area is 99.1 Å². The summed E-state index contributed by atoms with van der Waals surface area (Å²) < 4.78 is 0. The van der Waals surface area contributed by atoms with Gasteiger partial charge in [-0.25, -0.2) is 5.10 Å². The van der Waals surface area contributed by atoms with Gasteiger partial charge in [0, 0.05) is 0 Å². The number of aromatic nitrogens is 4. The molecule has 17 heavy (non-hydrogen) atoms. The molecule has 0 saturated carbocycles. The third-order valence-corrected chi connectivity index (χ3v) is 2.53. The Balaban J connectivity index is 2.20. The van der Waals surface area contributed by atoms with E-state index >= 15 is 0 Å². The number of aliphatic hydroxyl groups excluding tert-OH is 1. The van der Waals surface area contributed by atoms with Crippen LogP contribution in [0.5, 0.6) is 0 Å². The Hall–Kier alpha value is -1.95. The zero-order chi connectivity index (χ0) is 12.3. The normalized spacial score (nSPS) is 12.4. The highest BCUT2D eigenvalue weighted by atomic mass is 16.3. The van der Waals surface area contributed by atoms with Gasteiger partial charge in [-0.2, -0.15) is 10.1 Å². The molecule has 0 aromatic carbocycles. The van der Waals surface area contributed by atoms with Crippen LogP contribution in [-0.4, -0.2) is 25.3 Å². The van der Waals surface area contributed by atoms with Crippen molar-refractivity contribution in [2.75, 3.05) is 5.32 Å². The van der Waals surface area contributed by atoms with Crippen LogP contribution >= 0.6 is 0 Å². The number of aliphatic hydroxyl groups is 1. The summed E-state index contributed by atoms with van der Waals surface area (Å²) in [6, 6.07) is 1.87. The quantitative estimate of drug-likeness (QED) is 0.748. The summed E-state index contributed by atoms with van der Waals surface area (Å²) in [5, 5.41) is 19.2. The van der Waals surface area contributed by atoms with Crippen molar-refractivity contribution in [1.29, 1.82) is 0 Å². The second-order valence-corrected chi connectivity index (χ2v) is 3.81. The van der Waals surface area contributed by atoms with E-state index in [0.717, 1.165) is 11.3 Å². The number of aromatic amines is 1. The number of nitrogens with zero attached hydrogens (tertiary/aromatic N) is 3. The lowest BCUT2D eigenvalue weighted by Crippen LogP contribution is -2.02. The molecule has 0 radical (unpaired) electrons. The molecule has 1 atom stereocenters. The Morgan fingerprint density at radius 1 is 1.47 bits per heavy atom. The van der Waals surface area contributed by atoms with Gasteiger partial charge in [-0.1, -0.05) is 6.92 Å². The van der Waals surface area contributed by atoms with Crippen molar-refractivity contribution >= 4 is 11.6 Å². The molecule has 0 bridgehead atoms. The number of hydrogen-bond acceptors (Lipinski definition) is 5. The van der Waals surface area contributed by atoms with Gasteiger partial charge in [-0.3, -0.25) is 4.98 Å². The minimum Gasteiger partial charge on any atom is -0.387 e. The highest BCUT2D eigenvalue weighted by molar-refractivity contribution is 5.56. The molecule has 2 aromatic heterocycles. The molecule has 1 unspecified atom stereocenters. The van der Waals surface area contributed by atoms with Gasteiger partial charge >= 0.3 is 0 Å². The Morgan fingerprint density at radius 3 is 2.88 bits per heavy atom. The average Bonchev–Trinajstić information content (AvgIpc) is 2.83. The molecule has 0 saturated heterocycles. The molecular formula is C11H15N5O. The van der Waals surface area contributed by atoms with Gasteiger partial charge in [0.1, 0.15) is 6.33 Å². The zero-order valence-corrected chi connectivity index (χ0v) is 9.81. The van der Waals surface area contributed by atoms with Gasteiger partial charge in [0.15, 0.2) is 0 Å². The lowest BCUT2D eigenvalue weighted by Gasteiger charge is -2.11. The maximum absolute atomic E-state index is 9.69. The lowest BCUT2D eigenvalue weighted by atomic mass is 10.1.